The lowest BCUT2D eigenvalue weighted by Crippen LogP contribution is -2.67. The van der Waals surface area contributed by atoms with Gasteiger partial charge in [0.25, 0.3) is 0 Å². The van der Waals surface area contributed by atoms with E-state index in [0.29, 0.717) is 36.0 Å². The number of carboxylic acid groups (broad SMARTS) is 1. The number of ether oxygens (including phenoxy) is 1. The highest BCUT2D eigenvalue weighted by atomic mass is 16.5. The topological polar surface area (TPSA) is 92.7 Å². The van der Waals surface area contributed by atoms with Gasteiger partial charge in [-0.3, -0.25) is 14.4 Å². The van der Waals surface area contributed by atoms with Crippen molar-refractivity contribution >= 4 is 17.8 Å². The Labute approximate surface area is 286 Å². The van der Waals surface area contributed by atoms with Crippen LogP contribution in [0.25, 0.3) is 0 Å². The van der Waals surface area contributed by atoms with E-state index < -0.39 is 11.4 Å². The van der Waals surface area contributed by atoms with Crippen LogP contribution in [-0.2, 0) is 19.1 Å². The lowest BCUT2D eigenvalue weighted by molar-refractivity contribution is -0.250. The molecule has 0 radical (unpaired) electrons. The number of aliphatic carboxylic acids is 1. The molecule has 6 nitrogen and oxygen atoms in total. The van der Waals surface area contributed by atoms with Crippen LogP contribution >= 0.6 is 0 Å². The molecule has 10 atom stereocenters. The van der Waals surface area contributed by atoms with Crippen LogP contribution in [0.1, 0.15) is 152 Å². The molecule has 266 valence electrons. The molecule has 0 spiro atoms. The number of rotatable bonds is 10. The first-order chi connectivity index (χ1) is 21.8. The normalized spacial score (nSPS) is 42.2. The first kappa shape index (κ1) is 36.4. The van der Waals surface area contributed by atoms with Crippen LogP contribution in [0.3, 0.4) is 0 Å². The van der Waals surface area contributed by atoms with E-state index in [1.165, 1.54) is 37.7 Å². The molecule has 0 aromatic heterocycles. The van der Waals surface area contributed by atoms with Crippen molar-refractivity contribution in [2.45, 2.75) is 158 Å². The standard InChI is InChI=1S/C41H67NO5/c1-11-22-42-32(43)23-41-19-14-27(26(2)3)35(41)28-12-13-30-38(8)17-16-31(47-34(46)25-36(4,5)24-33(44)45)37(6,7)29(38)15-18-40(30,10)39(28,9)20-21-41/h27-31,35H,2,11-25H2,1,3-10H3,(H,42,43)(H,44,45)/t27-,28+,29?,30?,31-,35?,38-,39+,40+,41+/m0/s1. The van der Waals surface area contributed by atoms with Crippen LogP contribution in [-0.4, -0.2) is 35.6 Å². The Balaban J connectivity index is 1.39. The lowest BCUT2D eigenvalue weighted by atomic mass is 9.32. The van der Waals surface area contributed by atoms with Gasteiger partial charge in [-0.1, -0.05) is 67.5 Å². The molecular weight excluding hydrogens is 586 g/mol. The summed E-state index contributed by atoms with van der Waals surface area (Å²) in [7, 11) is 0. The van der Waals surface area contributed by atoms with E-state index in [0.717, 1.165) is 45.1 Å². The third kappa shape index (κ3) is 6.02. The minimum atomic E-state index is -0.880. The molecule has 5 aliphatic carbocycles. The Morgan fingerprint density at radius 1 is 0.872 bits per heavy atom. The zero-order valence-corrected chi connectivity index (χ0v) is 31.4. The number of hydrogen-bond acceptors (Lipinski definition) is 4. The summed E-state index contributed by atoms with van der Waals surface area (Å²) in [6.45, 7) is 25.9. The summed E-state index contributed by atoms with van der Waals surface area (Å²) < 4.78 is 6.26. The third-order valence-corrected chi connectivity index (χ3v) is 15.8. The summed E-state index contributed by atoms with van der Waals surface area (Å²) in [5, 5.41) is 12.5. The molecule has 0 aliphatic heterocycles. The molecule has 0 aromatic carbocycles. The Morgan fingerprint density at radius 3 is 2.21 bits per heavy atom. The predicted molar refractivity (Wildman–Crippen MR) is 187 cm³/mol. The second-order valence-electron chi connectivity index (χ2n) is 19.3. The van der Waals surface area contributed by atoms with Crippen molar-refractivity contribution in [2.75, 3.05) is 6.54 Å². The second-order valence-corrected chi connectivity index (χ2v) is 19.3. The Hall–Kier alpha value is -1.85. The third-order valence-electron chi connectivity index (χ3n) is 15.8. The van der Waals surface area contributed by atoms with Gasteiger partial charge in [-0.15, -0.1) is 0 Å². The summed E-state index contributed by atoms with van der Waals surface area (Å²) in [5.74, 6) is 1.85. The van der Waals surface area contributed by atoms with Crippen LogP contribution in [0.15, 0.2) is 12.2 Å². The van der Waals surface area contributed by atoms with E-state index >= 15 is 0 Å². The highest BCUT2D eigenvalue weighted by Crippen LogP contribution is 2.78. The Morgan fingerprint density at radius 2 is 1.57 bits per heavy atom. The molecule has 5 saturated carbocycles. The fourth-order valence-corrected chi connectivity index (χ4v) is 13.5. The molecule has 5 aliphatic rings. The molecule has 6 heteroatoms. The highest BCUT2D eigenvalue weighted by Gasteiger charge is 2.71. The zero-order chi connectivity index (χ0) is 34.8. The van der Waals surface area contributed by atoms with Crippen molar-refractivity contribution in [3.05, 3.63) is 12.2 Å². The molecule has 0 aromatic rings. The van der Waals surface area contributed by atoms with Crippen molar-refractivity contribution in [3.8, 4) is 0 Å². The quantitative estimate of drug-likeness (QED) is 0.181. The number of nitrogens with one attached hydrogen (secondary N) is 1. The molecule has 5 rings (SSSR count). The number of carbonyl (C=O) groups is 3. The van der Waals surface area contributed by atoms with Crippen LogP contribution in [0.4, 0.5) is 0 Å². The van der Waals surface area contributed by atoms with E-state index in [4.69, 9.17) is 4.74 Å². The average molecular weight is 654 g/mol. The minimum Gasteiger partial charge on any atom is -0.481 e. The lowest BCUT2D eigenvalue weighted by Gasteiger charge is -2.73. The number of carbonyl (C=O) groups excluding carboxylic acids is 2. The molecule has 3 unspecified atom stereocenters. The van der Waals surface area contributed by atoms with Gasteiger partial charge in [-0.05, 0) is 134 Å². The smallest absolute Gasteiger partial charge is 0.306 e. The Kier molecular flexibility index (Phi) is 9.68. The van der Waals surface area contributed by atoms with Crippen LogP contribution in [0.2, 0.25) is 0 Å². The van der Waals surface area contributed by atoms with Gasteiger partial charge in [-0.25, -0.2) is 0 Å². The van der Waals surface area contributed by atoms with Gasteiger partial charge in [0.05, 0.1) is 12.8 Å². The monoisotopic (exact) mass is 654 g/mol. The number of allylic oxidation sites excluding steroid dienone is 1. The molecule has 2 N–H and O–H groups in total. The van der Waals surface area contributed by atoms with Crippen molar-refractivity contribution in [3.63, 3.8) is 0 Å². The zero-order valence-electron chi connectivity index (χ0n) is 31.4. The van der Waals surface area contributed by atoms with Crippen LogP contribution < -0.4 is 5.32 Å². The summed E-state index contributed by atoms with van der Waals surface area (Å²) >= 11 is 0. The SMILES string of the molecule is C=C(C)[C@@H]1CC[C@]2(CC(=O)NCCC)CC[C@]3(C)[C@H](CCC4[C@@]5(C)CC[C@H](OC(=O)CC(C)(C)CC(=O)O)C(C)(C)C5CC[C@]43C)C12. The summed E-state index contributed by atoms with van der Waals surface area (Å²) in [6, 6.07) is 0. The van der Waals surface area contributed by atoms with E-state index in [-0.39, 0.29) is 57.9 Å². The maximum Gasteiger partial charge on any atom is 0.306 e. The summed E-state index contributed by atoms with van der Waals surface area (Å²) in [6.07, 6.45) is 13.1. The summed E-state index contributed by atoms with van der Waals surface area (Å²) in [4.78, 5) is 37.8. The molecule has 5 fully saturated rings. The number of carboxylic acids is 1. The van der Waals surface area contributed by atoms with Gasteiger partial charge in [-0.2, -0.15) is 0 Å². The number of fused-ring (bicyclic) bond motifs is 7. The molecule has 0 bridgehead atoms. The van der Waals surface area contributed by atoms with E-state index in [2.05, 4.69) is 60.4 Å². The van der Waals surface area contributed by atoms with Crippen LogP contribution in [0, 0.1) is 62.1 Å². The van der Waals surface area contributed by atoms with Gasteiger partial charge in [0.1, 0.15) is 6.10 Å². The summed E-state index contributed by atoms with van der Waals surface area (Å²) in [5.41, 5.74) is 1.25. The second kappa shape index (κ2) is 12.5. The molecule has 0 heterocycles. The fraction of sp³-hybridized carbons (Fsp3) is 0.878. The average Bonchev–Trinajstić information content (AvgIpc) is 3.32. The molecular formula is C41H67NO5. The minimum absolute atomic E-state index is 0.0436. The predicted octanol–water partition coefficient (Wildman–Crippen LogP) is 9.36. The number of esters is 1. The van der Waals surface area contributed by atoms with Gasteiger partial charge >= 0.3 is 11.9 Å². The molecule has 1 amide bonds. The number of hydrogen-bond donors (Lipinski definition) is 2. The Bertz CT molecular complexity index is 1250. The highest BCUT2D eigenvalue weighted by molar-refractivity contribution is 5.77. The first-order valence-electron chi connectivity index (χ1n) is 19.1. The number of amides is 1. The maximum absolute atomic E-state index is 13.3. The van der Waals surface area contributed by atoms with E-state index in [9.17, 15) is 19.5 Å². The van der Waals surface area contributed by atoms with Gasteiger partial charge in [0.2, 0.25) is 5.91 Å². The van der Waals surface area contributed by atoms with Crippen LogP contribution in [0.5, 0.6) is 0 Å². The van der Waals surface area contributed by atoms with Gasteiger partial charge in [0, 0.05) is 18.4 Å². The van der Waals surface area contributed by atoms with Crippen molar-refractivity contribution in [2.24, 2.45) is 62.1 Å². The molecule has 47 heavy (non-hydrogen) atoms. The van der Waals surface area contributed by atoms with E-state index in [1.54, 1.807) is 0 Å². The van der Waals surface area contributed by atoms with Gasteiger partial charge < -0.3 is 15.2 Å². The van der Waals surface area contributed by atoms with Crippen molar-refractivity contribution in [1.82, 2.24) is 5.32 Å². The molecule has 0 saturated heterocycles. The van der Waals surface area contributed by atoms with Crippen molar-refractivity contribution < 1.29 is 24.2 Å². The largest absolute Gasteiger partial charge is 0.481 e. The van der Waals surface area contributed by atoms with E-state index in [1.807, 2.05) is 13.8 Å². The maximum atomic E-state index is 13.3. The fourth-order valence-electron chi connectivity index (χ4n) is 13.5. The van der Waals surface area contributed by atoms with Gasteiger partial charge in [0.15, 0.2) is 0 Å². The first-order valence-corrected chi connectivity index (χ1v) is 19.1. The van der Waals surface area contributed by atoms with Crippen molar-refractivity contribution in [1.29, 1.82) is 0 Å².